The molecule has 0 radical (unpaired) electrons. The first-order valence-electron chi connectivity index (χ1n) is 8.71. The number of carbonyl (C=O) groups is 3. The molecule has 1 atom stereocenters. The number of halogens is 2. The SMILES string of the molecule is CC(NC(=O)CN1C(=O)NC2(CCCCC2)C1=O)c1ccc(Cl)cc1Cl. The van der Waals surface area contributed by atoms with Crippen LogP contribution in [0.5, 0.6) is 0 Å². The molecule has 2 fully saturated rings. The topological polar surface area (TPSA) is 78.5 Å². The van der Waals surface area contributed by atoms with E-state index < -0.39 is 17.5 Å². The Kier molecular flexibility index (Phi) is 5.44. The molecule has 2 N–H and O–H groups in total. The summed E-state index contributed by atoms with van der Waals surface area (Å²) in [5.41, 5.74) is -0.105. The summed E-state index contributed by atoms with van der Waals surface area (Å²) >= 11 is 12.0. The van der Waals surface area contributed by atoms with E-state index in [1.807, 2.05) is 0 Å². The molecular weight excluding hydrogens is 377 g/mol. The molecule has 1 heterocycles. The van der Waals surface area contributed by atoms with Crippen LogP contribution < -0.4 is 10.6 Å². The van der Waals surface area contributed by atoms with Gasteiger partial charge in [0, 0.05) is 10.0 Å². The van der Waals surface area contributed by atoms with Crippen molar-refractivity contribution >= 4 is 41.0 Å². The fourth-order valence-electron chi connectivity index (χ4n) is 3.68. The molecule has 1 aromatic carbocycles. The largest absolute Gasteiger partial charge is 0.348 e. The highest BCUT2D eigenvalue weighted by molar-refractivity contribution is 6.35. The fraction of sp³-hybridized carbons (Fsp3) is 0.500. The van der Waals surface area contributed by atoms with Crippen LogP contribution in [-0.2, 0) is 9.59 Å². The molecule has 4 amide bonds. The summed E-state index contributed by atoms with van der Waals surface area (Å²) in [6, 6.07) is 4.16. The lowest BCUT2D eigenvalue weighted by molar-refractivity contribution is -0.136. The monoisotopic (exact) mass is 397 g/mol. The number of urea groups is 1. The number of carbonyl (C=O) groups excluding carboxylic acids is 3. The van der Waals surface area contributed by atoms with Crippen LogP contribution >= 0.6 is 23.2 Å². The molecule has 1 saturated carbocycles. The van der Waals surface area contributed by atoms with Crippen LogP contribution in [0, 0.1) is 0 Å². The van der Waals surface area contributed by atoms with E-state index in [0.29, 0.717) is 28.5 Å². The van der Waals surface area contributed by atoms with Gasteiger partial charge in [0.25, 0.3) is 5.91 Å². The van der Waals surface area contributed by atoms with E-state index in [2.05, 4.69) is 10.6 Å². The van der Waals surface area contributed by atoms with E-state index in [1.54, 1.807) is 25.1 Å². The molecule has 2 aliphatic rings. The summed E-state index contributed by atoms with van der Waals surface area (Å²) in [5.74, 6) is -0.714. The van der Waals surface area contributed by atoms with E-state index in [0.717, 1.165) is 24.2 Å². The van der Waals surface area contributed by atoms with Crippen molar-refractivity contribution in [3.05, 3.63) is 33.8 Å². The average Bonchev–Trinajstić information content (AvgIpc) is 2.79. The minimum absolute atomic E-state index is 0.297. The molecule has 0 aromatic heterocycles. The van der Waals surface area contributed by atoms with Crippen LogP contribution in [0.15, 0.2) is 18.2 Å². The van der Waals surface area contributed by atoms with E-state index in [-0.39, 0.29) is 18.5 Å². The zero-order valence-electron chi connectivity index (χ0n) is 14.5. The Bertz CT molecular complexity index is 747. The van der Waals surface area contributed by atoms with Crippen LogP contribution in [-0.4, -0.2) is 34.8 Å². The van der Waals surface area contributed by atoms with Crippen LogP contribution in [0.1, 0.15) is 50.6 Å². The van der Waals surface area contributed by atoms with Crippen molar-refractivity contribution in [2.45, 2.75) is 50.6 Å². The predicted molar refractivity (Wildman–Crippen MR) is 99.1 cm³/mol. The quantitative estimate of drug-likeness (QED) is 0.763. The van der Waals surface area contributed by atoms with Crippen molar-refractivity contribution < 1.29 is 14.4 Å². The summed E-state index contributed by atoms with van der Waals surface area (Å²) in [5, 5.41) is 6.53. The zero-order chi connectivity index (χ0) is 18.9. The highest BCUT2D eigenvalue weighted by Gasteiger charge is 2.51. The maximum Gasteiger partial charge on any atom is 0.325 e. The van der Waals surface area contributed by atoms with Gasteiger partial charge in [-0.1, -0.05) is 48.5 Å². The lowest BCUT2D eigenvalue weighted by Crippen LogP contribution is -2.49. The molecule has 1 aromatic rings. The first-order valence-corrected chi connectivity index (χ1v) is 9.46. The van der Waals surface area contributed by atoms with Crippen molar-refractivity contribution in [2.75, 3.05) is 6.54 Å². The van der Waals surface area contributed by atoms with Gasteiger partial charge in [-0.15, -0.1) is 0 Å². The van der Waals surface area contributed by atoms with Crippen molar-refractivity contribution in [1.29, 1.82) is 0 Å². The number of hydrogen-bond donors (Lipinski definition) is 2. The summed E-state index contributed by atoms with van der Waals surface area (Å²) in [4.78, 5) is 38.3. The third-order valence-electron chi connectivity index (χ3n) is 5.06. The lowest BCUT2D eigenvalue weighted by Gasteiger charge is -2.30. The summed E-state index contributed by atoms with van der Waals surface area (Å²) in [6.45, 7) is 1.48. The van der Waals surface area contributed by atoms with Crippen molar-refractivity contribution in [3.63, 3.8) is 0 Å². The Morgan fingerprint density at radius 2 is 1.96 bits per heavy atom. The highest BCUT2D eigenvalue weighted by Crippen LogP contribution is 2.33. The van der Waals surface area contributed by atoms with Gasteiger partial charge < -0.3 is 10.6 Å². The Morgan fingerprint density at radius 3 is 2.62 bits per heavy atom. The Hall–Kier alpha value is -1.79. The minimum Gasteiger partial charge on any atom is -0.348 e. The molecular formula is C18H21Cl2N3O3. The highest BCUT2D eigenvalue weighted by atomic mass is 35.5. The van der Waals surface area contributed by atoms with Gasteiger partial charge in [-0.3, -0.25) is 14.5 Å². The summed E-state index contributed by atoms with van der Waals surface area (Å²) in [6.07, 6.45) is 4.13. The molecule has 1 unspecified atom stereocenters. The second-order valence-electron chi connectivity index (χ2n) is 6.92. The van der Waals surface area contributed by atoms with E-state index >= 15 is 0 Å². The van der Waals surface area contributed by atoms with Crippen molar-refractivity contribution in [2.24, 2.45) is 0 Å². The number of hydrogen-bond acceptors (Lipinski definition) is 3. The molecule has 140 valence electrons. The second-order valence-corrected chi connectivity index (χ2v) is 7.76. The minimum atomic E-state index is -0.819. The van der Waals surface area contributed by atoms with Gasteiger partial charge in [0.15, 0.2) is 0 Å². The molecule has 6 nitrogen and oxygen atoms in total. The fourth-order valence-corrected chi connectivity index (χ4v) is 4.25. The third kappa shape index (κ3) is 3.67. The Morgan fingerprint density at radius 1 is 1.27 bits per heavy atom. The number of benzene rings is 1. The van der Waals surface area contributed by atoms with Crippen LogP contribution in [0.3, 0.4) is 0 Å². The van der Waals surface area contributed by atoms with Gasteiger partial charge in [0.2, 0.25) is 5.91 Å². The second kappa shape index (κ2) is 7.45. The predicted octanol–water partition coefficient (Wildman–Crippen LogP) is 3.43. The van der Waals surface area contributed by atoms with Crippen LogP contribution in [0.25, 0.3) is 0 Å². The number of nitrogens with zero attached hydrogens (tertiary/aromatic N) is 1. The maximum atomic E-state index is 12.7. The van der Waals surface area contributed by atoms with Crippen molar-refractivity contribution in [3.8, 4) is 0 Å². The molecule has 1 saturated heterocycles. The number of rotatable bonds is 4. The van der Waals surface area contributed by atoms with E-state index in [9.17, 15) is 14.4 Å². The first-order chi connectivity index (χ1) is 12.3. The van der Waals surface area contributed by atoms with Crippen LogP contribution in [0.4, 0.5) is 4.79 Å². The van der Waals surface area contributed by atoms with Gasteiger partial charge in [0.1, 0.15) is 12.1 Å². The molecule has 1 spiro atoms. The number of imide groups is 1. The number of amides is 4. The Balaban J connectivity index is 1.64. The van der Waals surface area contributed by atoms with Crippen LogP contribution in [0.2, 0.25) is 10.0 Å². The Labute approximate surface area is 162 Å². The van der Waals surface area contributed by atoms with Crippen molar-refractivity contribution in [1.82, 2.24) is 15.5 Å². The smallest absolute Gasteiger partial charge is 0.325 e. The molecule has 8 heteroatoms. The van der Waals surface area contributed by atoms with Gasteiger partial charge in [-0.2, -0.15) is 0 Å². The lowest BCUT2D eigenvalue weighted by atomic mass is 9.82. The zero-order valence-corrected chi connectivity index (χ0v) is 16.0. The first kappa shape index (κ1) is 19.0. The van der Waals surface area contributed by atoms with Gasteiger partial charge in [-0.05, 0) is 37.5 Å². The molecule has 1 aliphatic carbocycles. The average molecular weight is 398 g/mol. The van der Waals surface area contributed by atoms with Gasteiger partial charge in [0.05, 0.1) is 6.04 Å². The standard InChI is InChI=1S/C18H21Cl2N3O3/c1-11(13-6-5-12(19)9-14(13)20)21-15(24)10-23-16(25)18(22-17(23)26)7-3-2-4-8-18/h5-6,9,11H,2-4,7-8,10H2,1H3,(H,21,24)(H,22,26). The number of nitrogens with one attached hydrogen (secondary N) is 2. The third-order valence-corrected chi connectivity index (χ3v) is 5.62. The maximum absolute atomic E-state index is 12.7. The summed E-state index contributed by atoms with van der Waals surface area (Å²) < 4.78 is 0. The van der Waals surface area contributed by atoms with E-state index in [4.69, 9.17) is 23.2 Å². The van der Waals surface area contributed by atoms with E-state index in [1.165, 1.54) is 0 Å². The normalized spacial score (nSPS) is 20.2. The molecule has 3 rings (SSSR count). The molecule has 26 heavy (non-hydrogen) atoms. The van der Waals surface area contributed by atoms with Gasteiger partial charge in [-0.25, -0.2) is 4.79 Å². The van der Waals surface area contributed by atoms with Gasteiger partial charge >= 0.3 is 6.03 Å². The molecule has 0 bridgehead atoms. The summed E-state index contributed by atoms with van der Waals surface area (Å²) in [7, 11) is 0. The molecule has 1 aliphatic heterocycles.